The summed E-state index contributed by atoms with van der Waals surface area (Å²) in [6.45, 7) is 10.8. The quantitative estimate of drug-likeness (QED) is 0.161. The molecule has 0 aromatic carbocycles. The van der Waals surface area contributed by atoms with Gasteiger partial charge in [-0.05, 0) is 71.6 Å². The van der Waals surface area contributed by atoms with E-state index in [0.717, 1.165) is 51.4 Å². The zero-order chi connectivity index (χ0) is 34.8. The van der Waals surface area contributed by atoms with E-state index in [2.05, 4.69) is 27.8 Å². The summed E-state index contributed by atoms with van der Waals surface area (Å²) in [6, 6.07) is -3.33. The molecule has 0 radical (unpaired) electrons. The number of hydrogen-bond donors (Lipinski definition) is 4. The van der Waals surface area contributed by atoms with Crippen molar-refractivity contribution in [3.05, 3.63) is 12.7 Å². The Morgan fingerprint density at radius 2 is 1.57 bits per heavy atom. The van der Waals surface area contributed by atoms with Gasteiger partial charge < -0.3 is 26.2 Å². The van der Waals surface area contributed by atoms with E-state index in [-0.39, 0.29) is 30.5 Å². The van der Waals surface area contributed by atoms with Crippen molar-refractivity contribution in [2.45, 2.75) is 146 Å². The van der Waals surface area contributed by atoms with Gasteiger partial charge in [0, 0.05) is 13.1 Å². The smallest absolute Gasteiger partial charge is 0.315 e. The molecule has 5 amide bonds. The minimum Gasteiger partial charge on any atom is -0.346 e. The van der Waals surface area contributed by atoms with Crippen molar-refractivity contribution >= 4 is 39.4 Å². The van der Waals surface area contributed by atoms with E-state index in [1.807, 2.05) is 6.92 Å². The molecule has 2 aliphatic carbocycles. The lowest BCUT2D eigenvalue weighted by Crippen LogP contribution is -2.62. The van der Waals surface area contributed by atoms with Crippen molar-refractivity contribution < 1.29 is 32.4 Å². The molecule has 1 aliphatic heterocycles. The molecule has 266 valence electrons. The molecule has 47 heavy (non-hydrogen) atoms. The van der Waals surface area contributed by atoms with Crippen LogP contribution in [0, 0.1) is 5.92 Å². The molecule has 0 spiro atoms. The maximum Gasteiger partial charge on any atom is 0.315 e. The van der Waals surface area contributed by atoms with Crippen molar-refractivity contribution in [3.63, 3.8) is 0 Å². The molecule has 0 aromatic rings. The minimum absolute atomic E-state index is 0.124. The predicted molar refractivity (Wildman–Crippen MR) is 181 cm³/mol. The van der Waals surface area contributed by atoms with Gasteiger partial charge in [0.15, 0.2) is 9.84 Å². The number of hydrogen-bond acceptors (Lipinski definition) is 7. The average Bonchev–Trinajstić information content (AvgIpc) is 3.52. The average molecular weight is 680 g/mol. The Morgan fingerprint density at radius 1 is 0.936 bits per heavy atom. The SMILES string of the molecule is C=CCNC(=O)C(=O)C(CCC)NC(=O)[C@@H]1CCCN1C(=O)[C@@H](NC(=O)NC1(CS(=O)(=O)C(C)(C)C)CCCCC1)C1CCCCC1. The highest BCUT2D eigenvalue weighted by Gasteiger charge is 2.45. The van der Waals surface area contributed by atoms with Crippen molar-refractivity contribution in [2.24, 2.45) is 5.92 Å². The third-order valence-corrected chi connectivity index (χ3v) is 12.7. The van der Waals surface area contributed by atoms with Crippen LogP contribution in [-0.2, 0) is 29.0 Å². The molecular formula is C34H57N5O7S. The maximum atomic E-state index is 14.3. The Morgan fingerprint density at radius 3 is 2.17 bits per heavy atom. The number of nitrogens with one attached hydrogen (secondary N) is 4. The van der Waals surface area contributed by atoms with Crippen LogP contribution in [0.1, 0.15) is 118 Å². The first kappa shape index (κ1) is 38.5. The van der Waals surface area contributed by atoms with E-state index in [1.54, 1.807) is 20.8 Å². The van der Waals surface area contributed by atoms with Crippen molar-refractivity contribution in [1.82, 2.24) is 26.2 Å². The van der Waals surface area contributed by atoms with Crippen LogP contribution >= 0.6 is 0 Å². The molecule has 1 heterocycles. The molecule has 0 aromatic heterocycles. The fraction of sp³-hybridized carbons (Fsp3) is 0.794. The molecule has 4 N–H and O–H groups in total. The molecule has 3 atom stereocenters. The molecule has 2 saturated carbocycles. The summed E-state index contributed by atoms with van der Waals surface area (Å²) < 4.78 is 25.6. The van der Waals surface area contributed by atoms with E-state index in [0.29, 0.717) is 38.6 Å². The van der Waals surface area contributed by atoms with Crippen LogP contribution in [-0.4, -0.2) is 90.1 Å². The molecule has 3 aliphatic rings. The molecule has 1 unspecified atom stereocenters. The number of rotatable bonds is 14. The second kappa shape index (κ2) is 16.9. The topological polar surface area (TPSA) is 171 Å². The predicted octanol–water partition coefficient (Wildman–Crippen LogP) is 3.30. The molecule has 3 fully saturated rings. The highest BCUT2D eigenvalue weighted by atomic mass is 32.2. The van der Waals surface area contributed by atoms with E-state index < -0.39 is 61.9 Å². The standard InChI is InChI=1S/C34H57N5O7S/c1-6-15-25(28(40)30(42)35-21-7-2)36-29(41)26-18-14-22-39(26)31(43)27(24-16-10-8-11-17-24)37-32(44)38-34(19-12-9-13-20-34)23-47(45,46)33(3,4)5/h7,24-27H,2,6,8-23H2,1,3-5H3,(H,35,42)(H,36,41)(H2,37,38,44)/t25?,26-,27-/m0/s1. The lowest BCUT2D eigenvalue weighted by Gasteiger charge is -2.40. The monoisotopic (exact) mass is 679 g/mol. The van der Waals surface area contributed by atoms with Crippen LogP contribution in [0.3, 0.4) is 0 Å². The third-order valence-electron chi connectivity index (χ3n) is 9.94. The largest absolute Gasteiger partial charge is 0.346 e. The lowest BCUT2D eigenvalue weighted by molar-refractivity contribution is -0.143. The van der Waals surface area contributed by atoms with Gasteiger partial charge in [-0.2, -0.15) is 0 Å². The number of Topliss-reactive ketones (excluding diaryl/α,β-unsaturated/α-hetero) is 1. The summed E-state index contributed by atoms with van der Waals surface area (Å²) >= 11 is 0. The Hall–Kier alpha value is -2.96. The number of carbonyl (C=O) groups is 5. The van der Waals surface area contributed by atoms with Gasteiger partial charge in [0.05, 0.1) is 22.1 Å². The summed E-state index contributed by atoms with van der Waals surface area (Å²) in [6.07, 6.45) is 11.3. The van der Waals surface area contributed by atoms with Crippen LogP contribution < -0.4 is 21.3 Å². The van der Waals surface area contributed by atoms with Crippen molar-refractivity contribution in [1.29, 1.82) is 0 Å². The zero-order valence-electron chi connectivity index (χ0n) is 28.8. The number of nitrogens with zero attached hydrogens (tertiary/aromatic N) is 1. The van der Waals surface area contributed by atoms with Gasteiger partial charge in [0.25, 0.3) is 5.91 Å². The Kier molecular flexibility index (Phi) is 13.9. The van der Waals surface area contributed by atoms with Gasteiger partial charge in [-0.25, -0.2) is 13.2 Å². The molecular weight excluding hydrogens is 622 g/mol. The van der Waals surface area contributed by atoms with E-state index in [1.165, 1.54) is 11.0 Å². The molecule has 3 rings (SSSR count). The minimum atomic E-state index is -3.54. The van der Waals surface area contributed by atoms with Gasteiger partial charge >= 0.3 is 6.03 Å². The van der Waals surface area contributed by atoms with Gasteiger partial charge in [0.2, 0.25) is 17.6 Å². The fourth-order valence-corrected chi connectivity index (χ4v) is 8.62. The summed E-state index contributed by atoms with van der Waals surface area (Å²) in [4.78, 5) is 68.2. The number of carbonyl (C=O) groups excluding carboxylic acids is 5. The molecule has 12 nitrogen and oxygen atoms in total. The lowest BCUT2D eigenvalue weighted by atomic mass is 9.82. The summed E-state index contributed by atoms with van der Waals surface area (Å²) in [5.41, 5.74) is -0.927. The molecule has 0 bridgehead atoms. The molecule has 1 saturated heterocycles. The first-order chi connectivity index (χ1) is 22.1. The van der Waals surface area contributed by atoms with Gasteiger partial charge in [-0.1, -0.05) is 57.9 Å². The Bertz CT molecular complexity index is 1250. The number of urea groups is 1. The summed E-state index contributed by atoms with van der Waals surface area (Å²) in [7, 11) is -3.54. The van der Waals surface area contributed by atoms with E-state index >= 15 is 0 Å². The van der Waals surface area contributed by atoms with Crippen LogP contribution in [0.4, 0.5) is 4.79 Å². The zero-order valence-corrected chi connectivity index (χ0v) is 29.6. The van der Waals surface area contributed by atoms with E-state index in [4.69, 9.17) is 0 Å². The van der Waals surface area contributed by atoms with Crippen LogP contribution in [0.15, 0.2) is 12.7 Å². The van der Waals surface area contributed by atoms with Gasteiger partial charge in [-0.15, -0.1) is 6.58 Å². The number of sulfone groups is 1. The van der Waals surface area contributed by atoms with Crippen LogP contribution in [0.2, 0.25) is 0 Å². The van der Waals surface area contributed by atoms with Gasteiger partial charge in [-0.3, -0.25) is 19.2 Å². The van der Waals surface area contributed by atoms with E-state index in [9.17, 15) is 32.4 Å². The third kappa shape index (κ3) is 10.3. The number of ketones is 1. The summed E-state index contributed by atoms with van der Waals surface area (Å²) in [5, 5.41) is 11.2. The highest BCUT2D eigenvalue weighted by Crippen LogP contribution is 2.33. The number of likely N-dealkylation sites (tertiary alicyclic amines) is 1. The second-order valence-corrected chi connectivity index (χ2v) is 17.3. The van der Waals surface area contributed by atoms with Crippen molar-refractivity contribution in [2.75, 3.05) is 18.8 Å². The highest BCUT2D eigenvalue weighted by molar-refractivity contribution is 7.92. The normalized spacial score (nSPS) is 21.6. The molecule has 13 heteroatoms. The first-order valence-electron chi connectivity index (χ1n) is 17.5. The summed E-state index contributed by atoms with van der Waals surface area (Å²) in [5.74, 6) is -2.71. The maximum absolute atomic E-state index is 14.3. The number of amides is 5. The Balaban J connectivity index is 1.80. The van der Waals surface area contributed by atoms with Crippen LogP contribution in [0.5, 0.6) is 0 Å². The van der Waals surface area contributed by atoms with Crippen LogP contribution in [0.25, 0.3) is 0 Å². The first-order valence-corrected chi connectivity index (χ1v) is 19.1. The second-order valence-electron chi connectivity index (χ2n) is 14.6. The fourth-order valence-electron chi connectivity index (χ4n) is 7.10. The van der Waals surface area contributed by atoms with Crippen molar-refractivity contribution in [3.8, 4) is 0 Å². The van der Waals surface area contributed by atoms with Gasteiger partial charge in [0.1, 0.15) is 12.1 Å². The Labute approximate surface area is 280 Å².